The average molecular weight is 170 g/mol. The Hall–Kier alpha value is -1.38. The SMILES string of the molecule is COc1ccc(C=C(F)F)cc1. The summed E-state index contributed by atoms with van der Waals surface area (Å²) in [5.74, 6) is 0.659. The van der Waals surface area contributed by atoms with Crippen molar-refractivity contribution in [3.8, 4) is 5.75 Å². The molecule has 0 fully saturated rings. The summed E-state index contributed by atoms with van der Waals surface area (Å²) in [5, 5.41) is 0. The molecule has 0 aliphatic rings. The van der Waals surface area contributed by atoms with Gasteiger partial charge < -0.3 is 4.74 Å². The van der Waals surface area contributed by atoms with Gasteiger partial charge in [-0.25, -0.2) is 0 Å². The second-order valence-electron chi connectivity index (χ2n) is 2.21. The van der Waals surface area contributed by atoms with Crippen molar-refractivity contribution in [3.05, 3.63) is 35.9 Å². The highest BCUT2D eigenvalue weighted by Crippen LogP contribution is 2.14. The number of hydrogen-bond acceptors (Lipinski definition) is 1. The van der Waals surface area contributed by atoms with Crippen LogP contribution in [0.5, 0.6) is 5.75 Å². The lowest BCUT2D eigenvalue weighted by Crippen LogP contribution is -1.81. The van der Waals surface area contributed by atoms with Gasteiger partial charge in [-0.15, -0.1) is 0 Å². The zero-order valence-corrected chi connectivity index (χ0v) is 6.55. The van der Waals surface area contributed by atoms with E-state index in [0.29, 0.717) is 11.3 Å². The summed E-state index contributed by atoms with van der Waals surface area (Å²) in [4.78, 5) is 0. The number of rotatable bonds is 2. The predicted molar refractivity (Wildman–Crippen MR) is 43.2 cm³/mol. The van der Waals surface area contributed by atoms with Crippen LogP contribution in [0.25, 0.3) is 6.08 Å². The fourth-order valence-corrected chi connectivity index (χ4v) is 0.826. The Balaban J connectivity index is 2.85. The summed E-state index contributed by atoms with van der Waals surface area (Å²) in [6.07, 6.45) is -0.889. The van der Waals surface area contributed by atoms with Crippen molar-refractivity contribution in [2.75, 3.05) is 7.11 Å². The van der Waals surface area contributed by atoms with Crippen LogP contribution in [-0.4, -0.2) is 7.11 Å². The van der Waals surface area contributed by atoms with Crippen LogP contribution < -0.4 is 4.74 Å². The molecule has 0 radical (unpaired) electrons. The van der Waals surface area contributed by atoms with Crippen molar-refractivity contribution in [1.29, 1.82) is 0 Å². The van der Waals surface area contributed by atoms with Gasteiger partial charge in [-0.05, 0) is 17.7 Å². The molecule has 3 heteroatoms. The molecule has 0 bridgehead atoms. The van der Waals surface area contributed by atoms with Gasteiger partial charge in [0.05, 0.1) is 7.11 Å². The van der Waals surface area contributed by atoms with E-state index >= 15 is 0 Å². The Kier molecular flexibility index (Phi) is 2.80. The van der Waals surface area contributed by atoms with E-state index in [-0.39, 0.29) is 0 Å². The minimum absolute atomic E-state index is 0.468. The van der Waals surface area contributed by atoms with Crippen LogP contribution in [0.3, 0.4) is 0 Å². The molecule has 0 aliphatic heterocycles. The summed E-state index contributed by atoms with van der Waals surface area (Å²) in [5.41, 5.74) is 0.468. The average Bonchev–Trinajstić information content (AvgIpc) is 2.05. The van der Waals surface area contributed by atoms with Crippen molar-refractivity contribution in [3.63, 3.8) is 0 Å². The summed E-state index contributed by atoms with van der Waals surface area (Å²) in [6.45, 7) is 0. The number of benzene rings is 1. The summed E-state index contributed by atoms with van der Waals surface area (Å²) >= 11 is 0. The molecule has 0 N–H and O–H groups in total. The Morgan fingerprint density at radius 1 is 1.25 bits per heavy atom. The Bertz CT molecular complexity index is 273. The van der Waals surface area contributed by atoms with Crippen molar-refractivity contribution in [2.24, 2.45) is 0 Å². The maximum Gasteiger partial charge on any atom is 0.270 e. The molecule has 0 saturated carbocycles. The van der Waals surface area contributed by atoms with Gasteiger partial charge in [0.25, 0.3) is 6.08 Å². The smallest absolute Gasteiger partial charge is 0.270 e. The maximum absolute atomic E-state index is 11.7. The zero-order chi connectivity index (χ0) is 8.97. The fourth-order valence-electron chi connectivity index (χ4n) is 0.826. The van der Waals surface area contributed by atoms with E-state index in [9.17, 15) is 8.78 Å². The van der Waals surface area contributed by atoms with Crippen molar-refractivity contribution in [1.82, 2.24) is 0 Å². The van der Waals surface area contributed by atoms with Crippen LogP contribution in [0.4, 0.5) is 8.78 Å². The van der Waals surface area contributed by atoms with Crippen LogP contribution in [-0.2, 0) is 0 Å². The Morgan fingerprint density at radius 3 is 2.25 bits per heavy atom. The van der Waals surface area contributed by atoms with Gasteiger partial charge in [-0.2, -0.15) is 8.78 Å². The molecule has 0 saturated heterocycles. The quantitative estimate of drug-likeness (QED) is 0.663. The molecular weight excluding hydrogens is 162 g/mol. The molecule has 1 nitrogen and oxygen atoms in total. The second-order valence-corrected chi connectivity index (χ2v) is 2.21. The standard InChI is InChI=1S/C9H8F2O/c1-12-8-4-2-7(3-5-8)6-9(10)11/h2-6H,1H3. The van der Waals surface area contributed by atoms with E-state index in [1.807, 2.05) is 0 Å². The number of halogens is 2. The van der Waals surface area contributed by atoms with E-state index in [2.05, 4.69) is 0 Å². The molecule has 0 aliphatic carbocycles. The molecule has 1 aromatic rings. The van der Waals surface area contributed by atoms with E-state index in [0.717, 1.165) is 6.08 Å². The first-order valence-electron chi connectivity index (χ1n) is 3.39. The van der Waals surface area contributed by atoms with Crippen LogP contribution in [0.2, 0.25) is 0 Å². The molecule has 1 rings (SSSR count). The zero-order valence-electron chi connectivity index (χ0n) is 6.55. The first-order chi connectivity index (χ1) is 5.72. The normalized spacial score (nSPS) is 9.25. The third kappa shape index (κ3) is 2.34. The number of ether oxygens (including phenoxy) is 1. The van der Waals surface area contributed by atoms with Crippen LogP contribution in [0.15, 0.2) is 30.3 Å². The lowest BCUT2D eigenvalue weighted by atomic mass is 10.2. The molecule has 64 valence electrons. The third-order valence-corrected chi connectivity index (χ3v) is 1.39. The molecule has 0 spiro atoms. The minimum atomic E-state index is -1.69. The predicted octanol–water partition coefficient (Wildman–Crippen LogP) is 2.93. The van der Waals surface area contributed by atoms with Gasteiger partial charge in [-0.1, -0.05) is 12.1 Å². The molecule has 12 heavy (non-hydrogen) atoms. The van der Waals surface area contributed by atoms with E-state index in [1.165, 1.54) is 7.11 Å². The summed E-state index contributed by atoms with van der Waals surface area (Å²) in [6, 6.07) is 6.40. The lowest BCUT2D eigenvalue weighted by molar-refractivity contribution is 0.414. The van der Waals surface area contributed by atoms with Crippen LogP contribution in [0.1, 0.15) is 5.56 Å². The van der Waals surface area contributed by atoms with Crippen LogP contribution >= 0.6 is 0 Å². The van der Waals surface area contributed by atoms with Crippen LogP contribution in [0, 0.1) is 0 Å². The first kappa shape index (κ1) is 8.71. The lowest BCUT2D eigenvalue weighted by Gasteiger charge is -1.98. The van der Waals surface area contributed by atoms with Gasteiger partial charge in [0.2, 0.25) is 0 Å². The number of methoxy groups -OCH3 is 1. The largest absolute Gasteiger partial charge is 0.497 e. The Morgan fingerprint density at radius 2 is 1.83 bits per heavy atom. The number of hydrogen-bond donors (Lipinski definition) is 0. The van der Waals surface area contributed by atoms with E-state index < -0.39 is 6.08 Å². The van der Waals surface area contributed by atoms with Gasteiger partial charge in [0.15, 0.2) is 0 Å². The molecule has 0 unspecified atom stereocenters. The highest BCUT2D eigenvalue weighted by atomic mass is 19.3. The molecule has 0 atom stereocenters. The topological polar surface area (TPSA) is 9.23 Å². The van der Waals surface area contributed by atoms with Gasteiger partial charge in [0, 0.05) is 6.08 Å². The third-order valence-electron chi connectivity index (χ3n) is 1.39. The monoisotopic (exact) mass is 170 g/mol. The van der Waals surface area contributed by atoms with Gasteiger partial charge >= 0.3 is 0 Å². The molecule has 0 aromatic heterocycles. The highest BCUT2D eigenvalue weighted by Gasteiger charge is 1.93. The Labute approximate surface area is 69.3 Å². The van der Waals surface area contributed by atoms with Crippen molar-refractivity contribution in [2.45, 2.75) is 0 Å². The molecule has 0 heterocycles. The molecular formula is C9H8F2O. The van der Waals surface area contributed by atoms with Gasteiger partial charge in [0.1, 0.15) is 5.75 Å². The van der Waals surface area contributed by atoms with Crippen molar-refractivity contribution >= 4 is 6.08 Å². The minimum Gasteiger partial charge on any atom is -0.497 e. The summed E-state index contributed by atoms with van der Waals surface area (Å²) in [7, 11) is 1.53. The summed E-state index contributed by atoms with van der Waals surface area (Å²) < 4.78 is 28.3. The highest BCUT2D eigenvalue weighted by molar-refractivity contribution is 5.50. The second kappa shape index (κ2) is 3.85. The first-order valence-corrected chi connectivity index (χ1v) is 3.39. The van der Waals surface area contributed by atoms with Crippen molar-refractivity contribution < 1.29 is 13.5 Å². The fraction of sp³-hybridized carbons (Fsp3) is 0.111. The van der Waals surface area contributed by atoms with E-state index in [1.54, 1.807) is 24.3 Å². The maximum atomic E-state index is 11.7. The van der Waals surface area contributed by atoms with Gasteiger partial charge in [-0.3, -0.25) is 0 Å². The van der Waals surface area contributed by atoms with E-state index in [4.69, 9.17) is 4.74 Å². The molecule has 0 amide bonds. The molecule has 1 aromatic carbocycles.